The number of aryl methyl sites for hydroxylation is 2. The molecule has 0 aliphatic heterocycles. The van der Waals surface area contributed by atoms with Crippen LogP contribution in [0.15, 0.2) is 39.5 Å². The summed E-state index contributed by atoms with van der Waals surface area (Å²) in [6.07, 6.45) is 1.51. The average Bonchev–Trinajstić information content (AvgIpc) is 2.98. The van der Waals surface area contributed by atoms with E-state index in [1.807, 2.05) is 31.2 Å². The molecule has 0 amide bonds. The highest BCUT2D eigenvalue weighted by atomic mass is 16.5. The molecule has 0 saturated heterocycles. The van der Waals surface area contributed by atoms with Gasteiger partial charge >= 0.3 is 0 Å². The Kier molecular flexibility index (Phi) is 2.44. The van der Waals surface area contributed by atoms with Crippen LogP contribution in [0.25, 0.3) is 23.0 Å². The van der Waals surface area contributed by atoms with Crippen molar-refractivity contribution in [1.29, 1.82) is 0 Å². The van der Waals surface area contributed by atoms with Gasteiger partial charge in [-0.1, -0.05) is 22.9 Å². The fraction of sp³-hybridized carbons (Fsp3) is 0.154. The molecule has 1 aromatic carbocycles. The van der Waals surface area contributed by atoms with Gasteiger partial charge in [0.1, 0.15) is 12.0 Å². The van der Waals surface area contributed by atoms with Gasteiger partial charge in [-0.15, -0.1) is 0 Å². The topological polar surface area (TPSA) is 65.0 Å². The van der Waals surface area contributed by atoms with E-state index in [-0.39, 0.29) is 0 Å². The lowest BCUT2D eigenvalue weighted by Crippen LogP contribution is -1.81. The summed E-state index contributed by atoms with van der Waals surface area (Å²) in [7, 11) is 0. The lowest BCUT2D eigenvalue weighted by atomic mass is 10.1. The van der Waals surface area contributed by atoms with Crippen molar-refractivity contribution in [2.24, 2.45) is 0 Å². The van der Waals surface area contributed by atoms with E-state index in [0.717, 1.165) is 5.56 Å². The monoisotopic (exact) mass is 241 g/mol. The highest BCUT2D eigenvalue weighted by Crippen LogP contribution is 2.21. The zero-order valence-electron chi connectivity index (χ0n) is 10.0. The molecule has 3 rings (SSSR count). The minimum absolute atomic E-state index is 0.433. The van der Waals surface area contributed by atoms with Crippen LogP contribution in [-0.2, 0) is 0 Å². The first kappa shape index (κ1) is 10.7. The first-order valence-corrected chi connectivity index (χ1v) is 5.55. The van der Waals surface area contributed by atoms with Crippen LogP contribution in [0.3, 0.4) is 0 Å². The molecule has 0 saturated carbocycles. The summed E-state index contributed by atoms with van der Waals surface area (Å²) in [4.78, 5) is 8.44. The van der Waals surface area contributed by atoms with Gasteiger partial charge in [0.2, 0.25) is 5.82 Å². The van der Waals surface area contributed by atoms with Gasteiger partial charge in [-0.2, -0.15) is 4.98 Å². The number of rotatable bonds is 2. The van der Waals surface area contributed by atoms with E-state index in [4.69, 9.17) is 8.94 Å². The summed E-state index contributed by atoms with van der Waals surface area (Å²) in [5, 5.41) is 3.89. The van der Waals surface area contributed by atoms with Crippen molar-refractivity contribution < 1.29 is 8.94 Å². The molecular formula is C13H11N3O2. The molecule has 0 unspecified atom stereocenters. The maximum Gasteiger partial charge on any atom is 0.258 e. The Morgan fingerprint density at radius 2 is 1.78 bits per heavy atom. The van der Waals surface area contributed by atoms with Crippen LogP contribution in [0.5, 0.6) is 0 Å². The lowest BCUT2D eigenvalue weighted by molar-refractivity contribution is 0.432. The number of hydrogen-bond acceptors (Lipinski definition) is 5. The number of hydrogen-bond donors (Lipinski definition) is 0. The van der Waals surface area contributed by atoms with Gasteiger partial charge in [0.25, 0.3) is 5.89 Å². The molecule has 0 spiro atoms. The largest absolute Gasteiger partial charge is 0.449 e. The Hall–Kier alpha value is -2.43. The Balaban J connectivity index is 1.96. The second-order valence-corrected chi connectivity index (χ2v) is 4.04. The normalized spacial score (nSPS) is 10.8. The van der Waals surface area contributed by atoms with Crippen molar-refractivity contribution in [3.05, 3.63) is 42.0 Å². The average molecular weight is 241 g/mol. The molecule has 0 fully saturated rings. The van der Waals surface area contributed by atoms with E-state index in [9.17, 15) is 0 Å². The van der Waals surface area contributed by atoms with Crippen molar-refractivity contribution in [2.75, 3.05) is 0 Å². The van der Waals surface area contributed by atoms with Gasteiger partial charge in [-0.25, -0.2) is 4.98 Å². The van der Waals surface area contributed by atoms with Crippen molar-refractivity contribution in [3.63, 3.8) is 0 Å². The summed E-state index contributed by atoms with van der Waals surface area (Å²) in [5.74, 6) is 1.49. The summed E-state index contributed by atoms with van der Waals surface area (Å²) < 4.78 is 10.3. The highest BCUT2D eigenvalue weighted by molar-refractivity contribution is 5.57. The fourth-order valence-electron chi connectivity index (χ4n) is 1.61. The van der Waals surface area contributed by atoms with Gasteiger partial charge in [-0.05, 0) is 19.1 Å². The van der Waals surface area contributed by atoms with Gasteiger partial charge in [0, 0.05) is 12.5 Å². The smallest absolute Gasteiger partial charge is 0.258 e. The zero-order valence-corrected chi connectivity index (χ0v) is 10.0. The molecule has 18 heavy (non-hydrogen) atoms. The van der Waals surface area contributed by atoms with Crippen molar-refractivity contribution in [3.8, 4) is 23.0 Å². The molecule has 5 heteroatoms. The van der Waals surface area contributed by atoms with Crippen LogP contribution >= 0.6 is 0 Å². The molecule has 5 nitrogen and oxygen atoms in total. The van der Waals surface area contributed by atoms with E-state index in [1.54, 1.807) is 6.92 Å². The van der Waals surface area contributed by atoms with Crippen LogP contribution in [0.4, 0.5) is 0 Å². The third-order valence-electron chi connectivity index (χ3n) is 2.57. The molecule has 0 bridgehead atoms. The lowest BCUT2D eigenvalue weighted by Gasteiger charge is -1.93. The zero-order chi connectivity index (χ0) is 12.5. The Labute approximate surface area is 103 Å². The Morgan fingerprint density at radius 3 is 2.44 bits per heavy atom. The third kappa shape index (κ3) is 1.90. The summed E-state index contributed by atoms with van der Waals surface area (Å²) in [6.45, 7) is 3.80. The fourth-order valence-corrected chi connectivity index (χ4v) is 1.61. The number of nitrogens with zero attached hydrogens (tertiary/aromatic N) is 3. The second-order valence-electron chi connectivity index (χ2n) is 4.04. The number of oxazole rings is 1. The Bertz CT molecular complexity index is 668. The predicted octanol–water partition coefficient (Wildman–Crippen LogP) is 3.01. The minimum Gasteiger partial charge on any atom is -0.449 e. The molecule has 0 aliphatic carbocycles. The maximum absolute atomic E-state index is 5.21. The highest BCUT2D eigenvalue weighted by Gasteiger charge is 2.13. The number of aromatic nitrogens is 3. The Morgan fingerprint density at radius 1 is 1.00 bits per heavy atom. The van der Waals surface area contributed by atoms with Gasteiger partial charge in [-0.3, -0.25) is 0 Å². The van der Waals surface area contributed by atoms with E-state index in [1.165, 1.54) is 11.8 Å². The van der Waals surface area contributed by atoms with E-state index in [2.05, 4.69) is 15.1 Å². The van der Waals surface area contributed by atoms with Crippen LogP contribution < -0.4 is 0 Å². The van der Waals surface area contributed by atoms with Gasteiger partial charge in [0.05, 0.1) is 0 Å². The van der Waals surface area contributed by atoms with Gasteiger partial charge < -0.3 is 8.94 Å². The van der Waals surface area contributed by atoms with Crippen LogP contribution in [-0.4, -0.2) is 15.1 Å². The van der Waals surface area contributed by atoms with E-state index in [0.29, 0.717) is 23.3 Å². The van der Waals surface area contributed by atoms with Crippen molar-refractivity contribution in [2.45, 2.75) is 13.8 Å². The molecule has 0 radical (unpaired) electrons. The molecule has 2 heterocycles. The van der Waals surface area contributed by atoms with Crippen molar-refractivity contribution in [1.82, 2.24) is 15.1 Å². The van der Waals surface area contributed by atoms with Crippen LogP contribution in [0, 0.1) is 13.8 Å². The quantitative estimate of drug-likeness (QED) is 0.690. The first-order valence-electron chi connectivity index (χ1n) is 5.55. The summed E-state index contributed by atoms with van der Waals surface area (Å²) >= 11 is 0. The molecule has 0 aliphatic rings. The van der Waals surface area contributed by atoms with Crippen molar-refractivity contribution >= 4 is 0 Å². The molecule has 0 N–H and O–H groups in total. The SMILES string of the molecule is Cc1ccc(-c2nc(-c3coc(C)n3)no2)cc1. The molecule has 90 valence electrons. The molecule has 0 atom stereocenters. The molecule has 3 aromatic rings. The number of benzene rings is 1. The second kappa shape index (κ2) is 4.10. The predicted molar refractivity (Wildman–Crippen MR) is 64.7 cm³/mol. The molecule has 2 aromatic heterocycles. The minimum atomic E-state index is 0.433. The summed E-state index contributed by atoms with van der Waals surface area (Å²) in [5.41, 5.74) is 2.65. The van der Waals surface area contributed by atoms with E-state index >= 15 is 0 Å². The molecular weight excluding hydrogens is 230 g/mol. The third-order valence-corrected chi connectivity index (χ3v) is 2.57. The van der Waals surface area contributed by atoms with Crippen LogP contribution in [0.1, 0.15) is 11.5 Å². The van der Waals surface area contributed by atoms with Gasteiger partial charge in [0.15, 0.2) is 5.89 Å². The van der Waals surface area contributed by atoms with Crippen LogP contribution in [0.2, 0.25) is 0 Å². The maximum atomic E-state index is 5.21. The van der Waals surface area contributed by atoms with E-state index < -0.39 is 0 Å². The first-order chi connectivity index (χ1) is 8.72. The standard InChI is InChI=1S/C13H11N3O2/c1-8-3-5-10(6-4-8)13-15-12(16-18-13)11-7-17-9(2)14-11/h3-7H,1-2H3. The summed E-state index contributed by atoms with van der Waals surface area (Å²) in [6, 6.07) is 7.89.